The van der Waals surface area contributed by atoms with Gasteiger partial charge in [0.15, 0.2) is 0 Å². The molecular weight excluding hydrogens is 799 g/mol. The third kappa shape index (κ3) is 6.53. The summed E-state index contributed by atoms with van der Waals surface area (Å²) in [6, 6.07) is 77.2. The summed E-state index contributed by atoms with van der Waals surface area (Å²) in [4.78, 5) is 8.03. The topological polar surface area (TPSA) is 21.1 Å². The van der Waals surface area contributed by atoms with Crippen molar-refractivity contribution >= 4 is 33.4 Å². The Morgan fingerprint density at radius 1 is 0.545 bits per heavy atom. The summed E-state index contributed by atoms with van der Waals surface area (Å²) in [6.07, 6.45) is 12.3. The SMILES string of the molecule is CC1CC=CC2=C1C(c1ccccc1)(c1ccccc1)c1c2n(-c2cc(-c3ccccc3)cc(-c3ccccc3)n2)c2ccc(C3=CC=C(N(c4ccccc4)c4ccccc4)CC3)cc12. The van der Waals surface area contributed by atoms with Gasteiger partial charge in [0.05, 0.1) is 22.3 Å². The van der Waals surface area contributed by atoms with Gasteiger partial charge in [-0.15, -0.1) is 0 Å². The minimum absolute atomic E-state index is 0.301. The lowest BCUT2D eigenvalue weighted by Crippen LogP contribution is -2.32. The van der Waals surface area contributed by atoms with Crippen LogP contribution in [0, 0.1) is 5.92 Å². The van der Waals surface area contributed by atoms with Gasteiger partial charge < -0.3 is 4.90 Å². The minimum Gasteiger partial charge on any atom is -0.314 e. The fourth-order valence-corrected chi connectivity index (χ4v) is 11.2. The smallest absolute Gasteiger partial charge is 0.138 e. The largest absolute Gasteiger partial charge is 0.314 e. The number of fused-ring (bicyclic) bond motifs is 4. The van der Waals surface area contributed by atoms with Crippen LogP contribution in [0.5, 0.6) is 0 Å². The number of para-hydroxylation sites is 2. The highest BCUT2D eigenvalue weighted by Gasteiger charge is 2.52. The van der Waals surface area contributed by atoms with E-state index in [1.54, 1.807) is 0 Å². The lowest BCUT2D eigenvalue weighted by Gasteiger charge is -2.38. The van der Waals surface area contributed by atoms with Gasteiger partial charge in [0, 0.05) is 33.6 Å². The molecule has 0 saturated heterocycles. The van der Waals surface area contributed by atoms with Gasteiger partial charge in [0.1, 0.15) is 5.82 Å². The summed E-state index contributed by atoms with van der Waals surface area (Å²) in [5.74, 6) is 1.21. The summed E-state index contributed by atoms with van der Waals surface area (Å²) in [6.45, 7) is 2.43. The molecule has 2 heterocycles. The molecule has 0 N–H and O–H groups in total. The molecule has 0 bridgehead atoms. The van der Waals surface area contributed by atoms with E-state index < -0.39 is 5.41 Å². The van der Waals surface area contributed by atoms with Crippen LogP contribution in [0.15, 0.2) is 248 Å². The number of allylic oxidation sites excluding steroid dienone is 8. The van der Waals surface area contributed by atoms with E-state index in [9.17, 15) is 0 Å². The van der Waals surface area contributed by atoms with Crippen LogP contribution in [0.4, 0.5) is 11.4 Å². The molecule has 3 nitrogen and oxygen atoms in total. The summed E-state index contributed by atoms with van der Waals surface area (Å²) in [5, 5.41) is 1.25. The van der Waals surface area contributed by atoms with E-state index in [4.69, 9.17) is 4.98 Å². The molecule has 2 aromatic heterocycles. The van der Waals surface area contributed by atoms with Gasteiger partial charge in [-0.1, -0.05) is 189 Å². The Kier molecular flexibility index (Phi) is 9.91. The molecule has 3 aliphatic carbocycles. The van der Waals surface area contributed by atoms with Crippen molar-refractivity contribution in [1.82, 2.24) is 9.55 Å². The predicted molar refractivity (Wildman–Crippen MR) is 275 cm³/mol. The van der Waals surface area contributed by atoms with Crippen LogP contribution < -0.4 is 4.90 Å². The summed E-state index contributed by atoms with van der Waals surface area (Å²) in [7, 11) is 0. The monoisotopic (exact) mass is 847 g/mol. The zero-order valence-corrected chi connectivity index (χ0v) is 37.1. The van der Waals surface area contributed by atoms with Crippen molar-refractivity contribution in [2.24, 2.45) is 5.92 Å². The number of hydrogen-bond acceptors (Lipinski definition) is 2. The van der Waals surface area contributed by atoms with Crippen LogP contribution >= 0.6 is 0 Å². The zero-order chi connectivity index (χ0) is 44.0. The molecule has 0 spiro atoms. The lowest BCUT2D eigenvalue weighted by molar-refractivity contribution is 0.586. The molecule has 0 aliphatic heterocycles. The first kappa shape index (κ1) is 39.6. The van der Waals surface area contributed by atoms with Crippen molar-refractivity contribution in [3.05, 3.63) is 276 Å². The first-order valence-electron chi connectivity index (χ1n) is 23.3. The van der Waals surface area contributed by atoms with E-state index in [-0.39, 0.29) is 0 Å². The van der Waals surface area contributed by atoms with Crippen LogP contribution in [0.3, 0.4) is 0 Å². The standard InChI is InChI=1S/C63H49N3/c1-44-21-20-34-55-60(44)63(50-26-12-4-13-27-50,51-28-14-5-15-29-51)61-56-41-48(46-35-38-54(39-36-46)65(52-30-16-6-17-31-52)53-32-18-7-19-33-53)37-40-58(56)66(62(55)61)59-43-49(45-22-8-2-9-23-45)42-57(64-59)47-24-10-3-11-25-47/h2-20,22-35,37-38,40-44H,21,36,39H2,1H3. The Morgan fingerprint density at radius 2 is 1.12 bits per heavy atom. The highest BCUT2D eigenvalue weighted by atomic mass is 15.1. The Labute approximate surface area is 387 Å². The van der Waals surface area contributed by atoms with Gasteiger partial charge in [-0.25, -0.2) is 4.98 Å². The molecule has 9 aromatic rings. The maximum Gasteiger partial charge on any atom is 0.138 e. The molecule has 0 saturated carbocycles. The van der Waals surface area contributed by atoms with Crippen molar-refractivity contribution in [1.29, 1.82) is 0 Å². The number of pyridine rings is 1. The molecule has 1 atom stereocenters. The van der Waals surface area contributed by atoms with Crippen molar-refractivity contribution in [2.75, 3.05) is 4.90 Å². The van der Waals surface area contributed by atoms with Crippen molar-refractivity contribution in [2.45, 2.75) is 31.6 Å². The molecule has 3 heteroatoms. The van der Waals surface area contributed by atoms with E-state index >= 15 is 0 Å². The number of rotatable bonds is 9. The van der Waals surface area contributed by atoms with Gasteiger partial charge in [0.25, 0.3) is 0 Å². The molecule has 0 amide bonds. The van der Waals surface area contributed by atoms with E-state index in [0.29, 0.717) is 5.92 Å². The summed E-state index contributed by atoms with van der Waals surface area (Å²) >= 11 is 0. The van der Waals surface area contributed by atoms with Crippen LogP contribution in [0.1, 0.15) is 54.1 Å². The summed E-state index contributed by atoms with van der Waals surface area (Å²) in [5.41, 5.74) is 19.1. The van der Waals surface area contributed by atoms with Crippen LogP contribution in [0.25, 0.3) is 50.3 Å². The molecule has 0 radical (unpaired) electrons. The third-order valence-electron chi connectivity index (χ3n) is 14.0. The van der Waals surface area contributed by atoms with Crippen LogP contribution in [-0.2, 0) is 5.41 Å². The Bertz CT molecular complexity index is 3220. The van der Waals surface area contributed by atoms with Gasteiger partial charge in [-0.3, -0.25) is 4.57 Å². The maximum absolute atomic E-state index is 5.63. The highest BCUT2D eigenvalue weighted by Crippen LogP contribution is 2.61. The third-order valence-corrected chi connectivity index (χ3v) is 14.0. The average molecular weight is 848 g/mol. The molecular formula is C63H49N3. The second-order valence-electron chi connectivity index (χ2n) is 17.8. The first-order valence-corrected chi connectivity index (χ1v) is 23.3. The van der Waals surface area contributed by atoms with E-state index in [0.717, 1.165) is 53.0 Å². The van der Waals surface area contributed by atoms with Crippen molar-refractivity contribution in [3.8, 4) is 28.2 Å². The number of anilines is 2. The van der Waals surface area contributed by atoms with Crippen LogP contribution in [0.2, 0.25) is 0 Å². The Balaban J connectivity index is 1.13. The molecule has 1 unspecified atom stereocenters. The maximum atomic E-state index is 5.63. The molecule has 3 aliphatic rings. The molecule has 66 heavy (non-hydrogen) atoms. The quantitative estimate of drug-likeness (QED) is 0.144. The van der Waals surface area contributed by atoms with Crippen molar-refractivity contribution < 1.29 is 0 Å². The second-order valence-corrected chi connectivity index (χ2v) is 17.8. The van der Waals surface area contributed by atoms with Gasteiger partial charge >= 0.3 is 0 Å². The van der Waals surface area contributed by atoms with E-state index in [2.05, 4.69) is 253 Å². The number of benzene rings is 7. The van der Waals surface area contributed by atoms with Gasteiger partial charge in [-0.2, -0.15) is 0 Å². The predicted octanol–water partition coefficient (Wildman–Crippen LogP) is 16.0. The van der Waals surface area contributed by atoms with Gasteiger partial charge in [-0.05, 0) is 124 Å². The lowest BCUT2D eigenvalue weighted by atomic mass is 9.63. The highest BCUT2D eigenvalue weighted by molar-refractivity contribution is 6.03. The number of nitrogens with zero attached hydrogens (tertiary/aromatic N) is 3. The average Bonchev–Trinajstić information content (AvgIpc) is 3.90. The van der Waals surface area contributed by atoms with Crippen LogP contribution in [-0.4, -0.2) is 9.55 Å². The second kappa shape index (κ2) is 16.5. The normalized spacial score (nSPS) is 16.1. The Morgan fingerprint density at radius 3 is 1.71 bits per heavy atom. The number of aromatic nitrogens is 2. The molecule has 316 valence electrons. The fraction of sp³-hybridized carbons (Fsp3) is 0.0952. The fourth-order valence-electron chi connectivity index (χ4n) is 11.2. The Hall–Kier alpha value is -8.01. The minimum atomic E-state index is -0.543. The molecule has 0 fully saturated rings. The van der Waals surface area contributed by atoms with E-state index in [1.165, 1.54) is 67.1 Å². The van der Waals surface area contributed by atoms with Gasteiger partial charge in [0.2, 0.25) is 0 Å². The first-order chi connectivity index (χ1) is 32.7. The molecule has 12 rings (SSSR count). The number of hydrogen-bond donors (Lipinski definition) is 0. The van der Waals surface area contributed by atoms with E-state index in [1.807, 2.05) is 0 Å². The van der Waals surface area contributed by atoms with Crippen molar-refractivity contribution in [3.63, 3.8) is 0 Å². The molecule has 7 aromatic carbocycles. The summed E-state index contributed by atoms with van der Waals surface area (Å²) < 4.78 is 2.50. The zero-order valence-electron chi connectivity index (χ0n) is 37.1.